The summed E-state index contributed by atoms with van der Waals surface area (Å²) in [5, 5.41) is 18.8. The maximum Gasteiger partial charge on any atom is 0.410 e. The molecule has 1 aromatic carbocycles. The molecule has 1 N–H and O–H groups in total. The molecule has 5 rings (SSSR count). The van der Waals surface area contributed by atoms with Crippen LogP contribution in [0.25, 0.3) is 22.2 Å². The molecule has 2 aliphatic heterocycles. The van der Waals surface area contributed by atoms with Crippen molar-refractivity contribution in [3.63, 3.8) is 0 Å². The first-order chi connectivity index (χ1) is 17.9. The van der Waals surface area contributed by atoms with E-state index >= 15 is 4.39 Å². The van der Waals surface area contributed by atoms with Gasteiger partial charge in [0.2, 0.25) is 0 Å². The van der Waals surface area contributed by atoms with Gasteiger partial charge in [-0.1, -0.05) is 0 Å². The van der Waals surface area contributed by atoms with Gasteiger partial charge in [0.1, 0.15) is 23.3 Å². The Bertz CT molecular complexity index is 1460. The first kappa shape index (κ1) is 25.8. The van der Waals surface area contributed by atoms with E-state index in [9.17, 15) is 19.1 Å². The molecule has 2 fully saturated rings. The van der Waals surface area contributed by atoms with E-state index in [1.54, 1.807) is 37.6 Å². The summed E-state index contributed by atoms with van der Waals surface area (Å²) in [6.07, 6.45) is 2.29. The number of aromatic hydroxyl groups is 1. The minimum atomic E-state index is -1.33. The van der Waals surface area contributed by atoms with Gasteiger partial charge in [0, 0.05) is 31.7 Å². The molecule has 10 nitrogen and oxygen atoms in total. The van der Waals surface area contributed by atoms with Gasteiger partial charge in [-0.3, -0.25) is 9.69 Å². The van der Waals surface area contributed by atoms with E-state index < -0.39 is 41.3 Å². The van der Waals surface area contributed by atoms with Crippen LogP contribution in [0.1, 0.15) is 40.0 Å². The van der Waals surface area contributed by atoms with Crippen LogP contribution in [0.2, 0.25) is 0 Å². The van der Waals surface area contributed by atoms with E-state index in [-0.39, 0.29) is 34.0 Å². The molecule has 0 aliphatic carbocycles. The standard InChI is InChI=1S/C26H30F2N6O4/c1-26(2,3)38-25(37)34-13-6-7-18(34)22(28)19(8-13)33(5)21-11-29-23(31-30-21)16-9-14-15(10-20(16)35)24(36)32(4)12-17(14)27/h9-13,18-19,22,35H,6-8H2,1-5H3/t13?,18?,19-,22+/m0/s1. The highest BCUT2D eigenvalue weighted by Gasteiger charge is 2.52. The second-order valence-corrected chi connectivity index (χ2v) is 11.0. The SMILES string of the molecule is CN(c1cnc(-c2cc3c(F)cn(C)c(=O)c3cc2O)nn1)[C@H]1CC2CCC([C@H]1F)N2C(=O)OC(C)(C)C. The zero-order valence-electron chi connectivity index (χ0n) is 21.9. The second kappa shape index (κ2) is 9.17. The highest BCUT2D eigenvalue weighted by atomic mass is 19.1. The predicted octanol–water partition coefficient (Wildman–Crippen LogP) is 3.55. The van der Waals surface area contributed by atoms with Crippen molar-refractivity contribution in [1.29, 1.82) is 0 Å². The number of aromatic nitrogens is 4. The number of rotatable bonds is 3. The monoisotopic (exact) mass is 528 g/mol. The number of anilines is 1. The van der Waals surface area contributed by atoms with Crippen LogP contribution in [0, 0.1) is 5.82 Å². The number of phenolic OH excluding ortho intramolecular Hbond substituents is 1. The van der Waals surface area contributed by atoms with Crippen LogP contribution < -0.4 is 10.5 Å². The van der Waals surface area contributed by atoms with E-state index in [2.05, 4.69) is 15.2 Å². The van der Waals surface area contributed by atoms with Gasteiger partial charge in [-0.15, -0.1) is 10.2 Å². The van der Waals surface area contributed by atoms with Crippen molar-refractivity contribution in [3.05, 3.63) is 40.7 Å². The van der Waals surface area contributed by atoms with Gasteiger partial charge in [-0.05, 0) is 52.2 Å². The fourth-order valence-corrected chi connectivity index (χ4v) is 5.45. The number of phenols is 1. The minimum absolute atomic E-state index is 0.0261. The first-order valence-corrected chi connectivity index (χ1v) is 12.5. The number of amides is 1. The van der Waals surface area contributed by atoms with E-state index in [4.69, 9.17) is 4.74 Å². The van der Waals surface area contributed by atoms with Crippen LogP contribution >= 0.6 is 0 Å². The number of fused-ring (bicyclic) bond motifs is 3. The highest BCUT2D eigenvalue weighted by molar-refractivity contribution is 5.89. The molecule has 202 valence electrons. The Balaban J connectivity index is 1.37. The number of piperidine rings is 1. The molecule has 1 amide bonds. The van der Waals surface area contributed by atoms with Gasteiger partial charge < -0.3 is 19.3 Å². The summed E-state index contributed by atoms with van der Waals surface area (Å²) in [5.74, 6) is -0.586. The Kier molecular flexibility index (Phi) is 6.23. The van der Waals surface area contributed by atoms with Gasteiger partial charge in [0.25, 0.3) is 5.56 Å². The van der Waals surface area contributed by atoms with E-state index in [1.165, 1.54) is 25.4 Å². The van der Waals surface area contributed by atoms with Crippen molar-refractivity contribution < 1.29 is 23.4 Å². The largest absolute Gasteiger partial charge is 0.507 e. The molecule has 2 saturated heterocycles. The molecule has 4 heterocycles. The smallest absolute Gasteiger partial charge is 0.410 e. The molecular weight excluding hydrogens is 498 g/mol. The lowest BCUT2D eigenvalue weighted by Crippen LogP contribution is -2.59. The molecular formula is C26H30F2N6O4. The van der Waals surface area contributed by atoms with Gasteiger partial charge in [0.05, 0.1) is 29.2 Å². The third-order valence-electron chi connectivity index (χ3n) is 7.30. The quantitative estimate of drug-likeness (QED) is 0.549. The van der Waals surface area contributed by atoms with Crippen LogP contribution in [0.5, 0.6) is 5.75 Å². The molecule has 38 heavy (non-hydrogen) atoms. The number of hydrogen-bond donors (Lipinski definition) is 1. The summed E-state index contributed by atoms with van der Waals surface area (Å²) in [6.45, 7) is 5.35. The Morgan fingerprint density at radius 2 is 1.95 bits per heavy atom. The zero-order chi connectivity index (χ0) is 27.5. The summed E-state index contributed by atoms with van der Waals surface area (Å²) in [6, 6.07) is 1.21. The molecule has 2 aliphatic rings. The number of pyridine rings is 1. The summed E-state index contributed by atoms with van der Waals surface area (Å²) >= 11 is 0. The number of aryl methyl sites for hydroxylation is 1. The van der Waals surface area contributed by atoms with Crippen LogP contribution in [-0.4, -0.2) is 72.8 Å². The lowest BCUT2D eigenvalue weighted by molar-refractivity contribution is -0.0104. The molecule has 2 bridgehead atoms. The van der Waals surface area contributed by atoms with Crippen molar-refractivity contribution in [1.82, 2.24) is 24.6 Å². The van der Waals surface area contributed by atoms with Crippen molar-refractivity contribution in [3.8, 4) is 17.1 Å². The van der Waals surface area contributed by atoms with E-state index in [1.807, 2.05) is 0 Å². The third-order valence-corrected chi connectivity index (χ3v) is 7.30. The van der Waals surface area contributed by atoms with Gasteiger partial charge in [0.15, 0.2) is 11.6 Å². The molecule has 0 radical (unpaired) electrons. The average Bonchev–Trinajstić information content (AvgIpc) is 3.20. The number of nitrogens with zero attached hydrogens (tertiary/aromatic N) is 6. The summed E-state index contributed by atoms with van der Waals surface area (Å²) in [4.78, 5) is 32.5. The van der Waals surface area contributed by atoms with Crippen molar-refractivity contribution >= 4 is 22.7 Å². The van der Waals surface area contributed by atoms with Crippen molar-refractivity contribution in [2.45, 2.75) is 69.9 Å². The average molecular weight is 529 g/mol. The fourth-order valence-electron chi connectivity index (χ4n) is 5.45. The normalized spacial score (nSPS) is 23.1. The van der Waals surface area contributed by atoms with Crippen LogP contribution in [0.4, 0.5) is 19.4 Å². The Labute approximate surface area is 217 Å². The highest BCUT2D eigenvalue weighted by Crippen LogP contribution is 2.41. The van der Waals surface area contributed by atoms with Gasteiger partial charge in [-0.2, -0.15) is 0 Å². The topological polar surface area (TPSA) is 114 Å². The summed E-state index contributed by atoms with van der Waals surface area (Å²) < 4.78 is 36.8. The molecule has 2 unspecified atom stereocenters. The number of carbonyl (C=O) groups excluding carboxylic acids is 1. The fraction of sp³-hybridized carbons (Fsp3) is 0.500. The third kappa shape index (κ3) is 4.41. The van der Waals surface area contributed by atoms with E-state index in [0.29, 0.717) is 25.1 Å². The Morgan fingerprint density at radius 3 is 2.61 bits per heavy atom. The lowest BCUT2D eigenvalue weighted by atomic mass is 9.94. The number of benzene rings is 1. The Hall–Kier alpha value is -3.83. The number of carbonyl (C=O) groups is 1. The number of ether oxygens (including phenoxy) is 1. The zero-order valence-corrected chi connectivity index (χ0v) is 21.9. The maximum atomic E-state index is 15.7. The lowest BCUT2D eigenvalue weighted by Gasteiger charge is -2.44. The van der Waals surface area contributed by atoms with Crippen LogP contribution in [0.3, 0.4) is 0 Å². The number of halogens is 2. The van der Waals surface area contributed by atoms with Gasteiger partial charge >= 0.3 is 6.09 Å². The minimum Gasteiger partial charge on any atom is -0.507 e. The van der Waals surface area contributed by atoms with Crippen molar-refractivity contribution in [2.24, 2.45) is 7.05 Å². The second-order valence-electron chi connectivity index (χ2n) is 11.0. The predicted molar refractivity (Wildman–Crippen MR) is 136 cm³/mol. The molecule has 0 spiro atoms. The molecule has 4 atom stereocenters. The number of hydrogen-bond acceptors (Lipinski definition) is 8. The Morgan fingerprint density at radius 1 is 1.21 bits per heavy atom. The number of alkyl halides is 1. The van der Waals surface area contributed by atoms with Gasteiger partial charge in [-0.25, -0.2) is 18.6 Å². The van der Waals surface area contributed by atoms with E-state index in [0.717, 1.165) is 10.8 Å². The van der Waals surface area contributed by atoms with Crippen molar-refractivity contribution in [2.75, 3.05) is 11.9 Å². The van der Waals surface area contributed by atoms with Crippen LogP contribution in [-0.2, 0) is 11.8 Å². The molecule has 2 aromatic heterocycles. The summed E-state index contributed by atoms with van der Waals surface area (Å²) in [5.41, 5.74) is -1.01. The van der Waals surface area contributed by atoms with Crippen LogP contribution in [0.15, 0.2) is 29.3 Å². The molecule has 12 heteroatoms. The molecule has 3 aromatic rings. The molecule has 0 saturated carbocycles. The maximum absolute atomic E-state index is 15.7. The first-order valence-electron chi connectivity index (χ1n) is 12.5. The summed E-state index contributed by atoms with van der Waals surface area (Å²) in [7, 11) is 3.12.